The Morgan fingerprint density at radius 3 is 2.17 bits per heavy atom. The summed E-state index contributed by atoms with van der Waals surface area (Å²) in [6.45, 7) is -0.676. The molecule has 3 unspecified atom stereocenters. The number of aromatic hydroxyl groups is 1. The van der Waals surface area contributed by atoms with Crippen molar-refractivity contribution >= 4 is 40.6 Å². The summed E-state index contributed by atoms with van der Waals surface area (Å²) in [4.78, 5) is 64.2. The summed E-state index contributed by atoms with van der Waals surface area (Å²) < 4.78 is 0. The first kappa shape index (κ1) is 29.6. The number of nitrogens with one attached hydrogen (secondary N) is 4. The number of rotatable bonds is 14. The van der Waals surface area contributed by atoms with Gasteiger partial charge in [0.05, 0.1) is 6.04 Å². The van der Waals surface area contributed by atoms with Crippen molar-refractivity contribution in [1.29, 1.82) is 0 Å². The van der Waals surface area contributed by atoms with Crippen LogP contribution in [0.2, 0.25) is 0 Å². The SMILES string of the molecule is NC(Cc1ccc(O)cc1)C(=O)NC(CCC(=O)O)C(=O)NC(Cc1c[nH]c2ccccc12)C(=O)NCC(=O)O. The highest BCUT2D eigenvalue weighted by molar-refractivity contribution is 5.94. The van der Waals surface area contributed by atoms with E-state index in [0.717, 1.165) is 10.9 Å². The third-order valence-corrected chi connectivity index (χ3v) is 6.15. The first-order valence-electron chi connectivity index (χ1n) is 12.4. The monoisotopic (exact) mass is 553 g/mol. The maximum atomic E-state index is 13.3. The fourth-order valence-corrected chi connectivity index (χ4v) is 4.08. The molecule has 2 aromatic carbocycles. The minimum Gasteiger partial charge on any atom is -0.508 e. The average molecular weight is 554 g/mol. The lowest BCUT2D eigenvalue weighted by molar-refractivity contribution is -0.138. The highest BCUT2D eigenvalue weighted by atomic mass is 16.4. The lowest BCUT2D eigenvalue weighted by atomic mass is 10.0. The predicted molar refractivity (Wildman–Crippen MR) is 143 cm³/mol. The number of hydrogen-bond donors (Lipinski definition) is 8. The topological polar surface area (TPSA) is 224 Å². The standard InChI is InChI=1S/C27H31N5O8/c28-19(11-15-5-7-17(33)8-6-15)25(38)31-21(9-10-23(34)35)27(40)32-22(26(39)30-14-24(36)37)12-16-13-29-20-4-2-1-3-18(16)20/h1-8,13,19,21-22,29,33H,9-12,14,28H2,(H,30,39)(H,31,38)(H,32,40)(H,34,35)(H,36,37). The van der Waals surface area contributed by atoms with Gasteiger partial charge in [0.2, 0.25) is 17.7 Å². The van der Waals surface area contributed by atoms with Gasteiger partial charge in [-0.2, -0.15) is 0 Å². The van der Waals surface area contributed by atoms with Crippen molar-refractivity contribution in [3.8, 4) is 5.75 Å². The van der Waals surface area contributed by atoms with Gasteiger partial charge >= 0.3 is 11.9 Å². The van der Waals surface area contributed by atoms with E-state index in [0.29, 0.717) is 11.1 Å². The molecule has 0 aliphatic heterocycles. The van der Waals surface area contributed by atoms with Gasteiger partial charge in [-0.1, -0.05) is 30.3 Å². The van der Waals surface area contributed by atoms with Crippen LogP contribution in [0.4, 0.5) is 0 Å². The molecule has 13 nitrogen and oxygen atoms in total. The molecule has 0 spiro atoms. The van der Waals surface area contributed by atoms with Crippen molar-refractivity contribution in [3.05, 3.63) is 65.9 Å². The summed E-state index contributed by atoms with van der Waals surface area (Å²) in [7, 11) is 0. The highest BCUT2D eigenvalue weighted by Gasteiger charge is 2.29. The molecule has 0 aliphatic rings. The lowest BCUT2D eigenvalue weighted by Crippen LogP contribution is -2.56. The summed E-state index contributed by atoms with van der Waals surface area (Å²) >= 11 is 0. The zero-order valence-electron chi connectivity index (χ0n) is 21.4. The molecule has 0 bridgehead atoms. The molecule has 9 N–H and O–H groups in total. The van der Waals surface area contributed by atoms with Gasteiger partial charge in [-0.15, -0.1) is 0 Å². The summed E-state index contributed by atoms with van der Waals surface area (Å²) in [5.74, 6) is -4.76. The zero-order valence-corrected chi connectivity index (χ0v) is 21.4. The summed E-state index contributed by atoms with van der Waals surface area (Å²) in [5.41, 5.74) is 8.13. The van der Waals surface area contributed by atoms with Crippen molar-refractivity contribution in [2.24, 2.45) is 5.73 Å². The molecule has 3 aromatic rings. The molecule has 3 amide bonds. The van der Waals surface area contributed by atoms with E-state index in [1.807, 2.05) is 18.2 Å². The Labute approximate surface area is 228 Å². The van der Waals surface area contributed by atoms with Gasteiger partial charge < -0.3 is 42.0 Å². The Bertz CT molecular complexity index is 1370. The number of benzene rings is 2. The van der Waals surface area contributed by atoms with Crippen LogP contribution in [0.3, 0.4) is 0 Å². The molecule has 13 heteroatoms. The molecule has 0 fully saturated rings. The second-order valence-corrected chi connectivity index (χ2v) is 9.21. The van der Waals surface area contributed by atoms with Crippen LogP contribution in [0.1, 0.15) is 24.0 Å². The van der Waals surface area contributed by atoms with Crippen LogP contribution in [0, 0.1) is 0 Å². The third-order valence-electron chi connectivity index (χ3n) is 6.15. The second-order valence-electron chi connectivity index (χ2n) is 9.21. The number of para-hydroxylation sites is 1. The van der Waals surface area contributed by atoms with Crippen molar-refractivity contribution in [2.75, 3.05) is 6.54 Å². The first-order valence-corrected chi connectivity index (χ1v) is 12.4. The van der Waals surface area contributed by atoms with Crippen molar-refractivity contribution in [3.63, 3.8) is 0 Å². The van der Waals surface area contributed by atoms with Gasteiger partial charge in [-0.05, 0) is 42.2 Å². The molecular formula is C27H31N5O8. The van der Waals surface area contributed by atoms with E-state index in [1.165, 1.54) is 12.1 Å². The number of phenols is 1. The Morgan fingerprint density at radius 1 is 0.825 bits per heavy atom. The van der Waals surface area contributed by atoms with Gasteiger partial charge in [-0.25, -0.2) is 0 Å². The number of amides is 3. The van der Waals surface area contributed by atoms with Gasteiger partial charge in [-0.3, -0.25) is 24.0 Å². The minimum absolute atomic E-state index is 0.0127. The van der Waals surface area contributed by atoms with Crippen LogP contribution in [0.25, 0.3) is 10.9 Å². The fourth-order valence-electron chi connectivity index (χ4n) is 4.08. The molecule has 212 valence electrons. The van der Waals surface area contributed by atoms with E-state index in [-0.39, 0.29) is 25.0 Å². The summed E-state index contributed by atoms with van der Waals surface area (Å²) in [5, 5.41) is 35.6. The van der Waals surface area contributed by atoms with Gasteiger partial charge in [0, 0.05) is 29.9 Å². The average Bonchev–Trinajstić information content (AvgIpc) is 3.32. The van der Waals surface area contributed by atoms with E-state index in [9.17, 15) is 29.1 Å². The van der Waals surface area contributed by atoms with Crippen molar-refractivity contribution in [2.45, 2.75) is 43.8 Å². The zero-order chi connectivity index (χ0) is 29.2. The Kier molecular flexibility index (Phi) is 10.2. The minimum atomic E-state index is -1.34. The lowest BCUT2D eigenvalue weighted by Gasteiger charge is -2.24. The van der Waals surface area contributed by atoms with Crippen LogP contribution in [0.15, 0.2) is 54.7 Å². The first-order chi connectivity index (χ1) is 19.0. The van der Waals surface area contributed by atoms with E-state index in [4.69, 9.17) is 15.9 Å². The van der Waals surface area contributed by atoms with E-state index >= 15 is 0 Å². The van der Waals surface area contributed by atoms with Gasteiger partial charge in [0.15, 0.2) is 0 Å². The Morgan fingerprint density at radius 2 is 1.50 bits per heavy atom. The smallest absolute Gasteiger partial charge is 0.322 e. The highest BCUT2D eigenvalue weighted by Crippen LogP contribution is 2.19. The molecular weight excluding hydrogens is 522 g/mol. The number of aromatic amines is 1. The van der Waals surface area contributed by atoms with Crippen LogP contribution in [0.5, 0.6) is 5.75 Å². The predicted octanol–water partition coefficient (Wildman–Crippen LogP) is 0.0212. The van der Waals surface area contributed by atoms with E-state index in [2.05, 4.69) is 20.9 Å². The van der Waals surface area contributed by atoms with E-state index < -0.39 is 60.8 Å². The van der Waals surface area contributed by atoms with Crippen LogP contribution in [-0.2, 0) is 36.8 Å². The van der Waals surface area contributed by atoms with Gasteiger partial charge in [0.1, 0.15) is 24.4 Å². The molecule has 0 radical (unpaired) electrons. The Hall–Kier alpha value is -4.91. The molecule has 3 rings (SSSR count). The second kappa shape index (κ2) is 13.8. The number of aliphatic carboxylic acids is 2. The fraction of sp³-hybridized carbons (Fsp3) is 0.296. The number of phenolic OH excluding ortho intramolecular Hbond substituents is 1. The number of nitrogens with two attached hydrogens (primary N) is 1. The number of hydrogen-bond acceptors (Lipinski definition) is 7. The molecule has 0 saturated carbocycles. The molecule has 40 heavy (non-hydrogen) atoms. The van der Waals surface area contributed by atoms with Gasteiger partial charge in [0.25, 0.3) is 0 Å². The molecule has 0 aliphatic carbocycles. The van der Waals surface area contributed by atoms with Crippen LogP contribution in [-0.4, -0.2) is 74.6 Å². The number of carbonyl (C=O) groups excluding carboxylic acids is 3. The normalized spacial score (nSPS) is 13.1. The summed E-state index contributed by atoms with van der Waals surface area (Å²) in [6, 6.07) is 9.65. The maximum absolute atomic E-state index is 13.3. The summed E-state index contributed by atoms with van der Waals surface area (Å²) in [6.07, 6.45) is 1.00. The van der Waals surface area contributed by atoms with Crippen LogP contribution < -0.4 is 21.7 Å². The number of carbonyl (C=O) groups is 5. The molecule has 0 saturated heterocycles. The largest absolute Gasteiger partial charge is 0.508 e. The quantitative estimate of drug-likeness (QED) is 0.134. The molecule has 1 heterocycles. The Balaban J connectivity index is 1.76. The maximum Gasteiger partial charge on any atom is 0.322 e. The number of carboxylic acid groups (broad SMARTS) is 2. The third kappa shape index (κ3) is 8.56. The van der Waals surface area contributed by atoms with Crippen molar-refractivity contribution < 1.29 is 39.3 Å². The van der Waals surface area contributed by atoms with Crippen molar-refractivity contribution in [1.82, 2.24) is 20.9 Å². The molecule has 1 aromatic heterocycles. The molecule has 3 atom stereocenters. The number of carboxylic acids is 2. The number of fused-ring (bicyclic) bond motifs is 1. The number of aromatic nitrogens is 1. The van der Waals surface area contributed by atoms with Crippen LogP contribution >= 0.6 is 0 Å². The number of H-pyrrole nitrogens is 1. The van der Waals surface area contributed by atoms with E-state index in [1.54, 1.807) is 24.4 Å².